The number of ether oxygens (including phenoxy) is 1. The molecule has 0 aliphatic carbocycles. The summed E-state index contributed by atoms with van der Waals surface area (Å²) in [5, 5.41) is 1.28. The van der Waals surface area contributed by atoms with Gasteiger partial charge in [-0.25, -0.2) is 0 Å². The smallest absolute Gasteiger partial charge is 0.248 e. The number of fused-ring (bicyclic) bond motifs is 2. The first-order valence-corrected chi connectivity index (χ1v) is 7.37. The van der Waals surface area contributed by atoms with E-state index in [0.29, 0.717) is 0 Å². The highest BCUT2D eigenvalue weighted by Gasteiger charge is 2.41. The van der Waals surface area contributed by atoms with E-state index < -0.39 is 0 Å². The Balaban J connectivity index is 1.53. The minimum atomic E-state index is 0.0881. The number of benzene rings is 1. The molecule has 2 aromatic rings. The maximum absolute atomic E-state index is 11.7. The number of amides is 1. The molecule has 0 radical (unpaired) electrons. The molecular weight excluding hydrogens is 266 g/mol. The third kappa shape index (κ3) is 2.13. The van der Waals surface area contributed by atoms with Gasteiger partial charge in [0.25, 0.3) is 0 Å². The van der Waals surface area contributed by atoms with Crippen LogP contribution in [0.2, 0.25) is 0 Å². The predicted octanol–water partition coefficient (Wildman–Crippen LogP) is 1.21. The van der Waals surface area contributed by atoms with Crippen LogP contribution in [0.1, 0.15) is 5.56 Å². The zero-order valence-corrected chi connectivity index (χ0v) is 12.1. The van der Waals surface area contributed by atoms with Crippen molar-refractivity contribution < 1.29 is 9.53 Å². The predicted molar refractivity (Wildman–Crippen MR) is 79.9 cm³/mol. The summed E-state index contributed by atoms with van der Waals surface area (Å²) in [5.74, 6) is 0.0881. The number of nitrogens with zero attached hydrogens (tertiary/aromatic N) is 2. The van der Waals surface area contributed by atoms with Crippen molar-refractivity contribution in [2.45, 2.75) is 18.7 Å². The van der Waals surface area contributed by atoms with Crippen LogP contribution in [0, 0.1) is 0 Å². The maximum Gasteiger partial charge on any atom is 0.248 e. The summed E-state index contributed by atoms with van der Waals surface area (Å²) in [6.45, 7) is 2.88. The summed E-state index contributed by atoms with van der Waals surface area (Å²) < 4.78 is 5.68. The van der Waals surface area contributed by atoms with E-state index >= 15 is 0 Å². The van der Waals surface area contributed by atoms with E-state index in [1.54, 1.807) is 0 Å². The van der Waals surface area contributed by atoms with Crippen molar-refractivity contribution in [3.05, 3.63) is 36.0 Å². The third-order valence-corrected chi connectivity index (χ3v) is 4.69. The molecule has 3 heterocycles. The van der Waals surface area contributed by atoms with Gasteiger partial charge in [-0.1, -0.05) is 18.2 Å². The first-order chi connectivity index (χ1) is 10.2. The van der Waals surface area contributed by atoms with E-state index in [1.807, 2.05) is 18.0 Å². The van der Waals surface area contributed by atoms with E-state index in [9.17, 15) is 4.79 Å². The normalized spacial score (nSPS) is 26.5. The molecule has 1 aromatic heterocycles. The molecule has 2 aliphatic rings. The fraction of sp³-hybridized carbons (Fsp3) is 0.438. The van der Waals surface area contributed by atoms with Gasteiger partial charge in [-0.15, -0.1) is 0 Å². The molecule has 0 saturated carbocycles. The van der Waals surface area contributed by atoms with Crippen LogP contribution >= 0.6 is 0 Å². The number of aromatic amines is 1. The second kappa shape index (κ2) is 4.86. The lowest BCUT2D eigenvalue weighted by Gasteiger charge is -2.33. The molecule has 21 heavy (non-hydrogen) atoms. The number of nitrogens with one attached hydrogen (secondary N) is 1. The van der Waals surface area contributed by atoms with Crippen LogP contribution in [0.25, 0.3) is 10.9 Å². The van der Waals surface area contributed by atoms with E-state index in [1.165, 1.54) is 16.5 Å². The number of aromatic nitrogens is 1. The van der Waals surface area contributed by atoms with Crippen molar-refractivity contribution in [1.29, 1.82) is 0 Å². The fourth-order valence-electron chi connectivity index (χ4n) is 3.47. The van der Waals surface area contributed by atoms with Crippen LogP contribution in [0.15, 0.2) is 30.5 Å². The number of para-hydroxylation sites is 1. The van der Waals surface area contributed by atoms with Crippen molar-refractivity contribution in [2.75, 3.05) is 26.7 Å². The Morgan fingerprint density at radius 3 is 3.10 bits per heavy atom. The first-order valence-electron chi connectivity index (χ1n) is 7.37. The van der Waals surface area contributed by atoms with Gasteiger partial charge in [-0.05, 0) is 11.6 Å². The Kier molecular flexibility index (Phi) is 2.97. The molecule has 1 N–H and O–H groups in total. The molecule has 5 heteroatoms. The Labute approximate surface area is 123 Å². The molecule has 110 valence electrons. The van der Waals surface area contributed by atoms with Crippen molar-refractivity contribution in [3.8, 4) is 0 Å². The Morgan fingerprint density at radius 1 is 1.33 bits per heavy atom. The van der Waals surface area contributed by atoms with Crippen LogP contribution in [0.4, 0.5) is 0 Å². The average molecular weight is 285 g/mol. The number of rotatable bonds is 2. The average Bonchev–Trinajstić information content (AvgIpc) is 3.09. The zero-order chi connectivity index (χ0) is 14.4. The molecule has 5 nitrogen and oxygen atoms in total. The zero-order valence-electron chi connectivity index (χ0n) is 12.1. The lowest BCUT2D eigenvalue weighted by Crippen LogP contribution is -2.51. The minimum Gasteiger partial charge on any atom is -0.365 e. The van der Waals surface area contributed by atoms with Gasteiger partial charge in [0.05, 0.1) is 12.1 Å². The van der Waals surface area contributed by atoms with Crippen LogP contribution in [-0.4, -0.2) is 59.6 Å². The second-order valence-corrected chi connectivity index (χ2v) is 5.98. The van der Waals surface area contributed by atoms with Gasteiger partial charge in [-0.3, -0.25) is 9.69 Å². The van der Waals surface area contributed by atoms with Gasteiger partial charge >= 0.3 is 0 Å². The molecule has 1 amide bonds. The summed E-state index contributed by atoms with van der Waals surface area (Å²) in [5.41, 5.74) is 2.48. The largest absolute Gasteiger partial charge is 0.365 e. The molecule has 4 rings (SSSR count). The fourth-order valence-corrected chi connectivity index (χ4v) is 3.47. The number of H-pyrrole nitrogens is 1. The van der Waals surface area contributed by atoms with Gasteiger partial charge in [0.15, 0.2) is 0 Å². The molecule has 0 bridgehead atoms. The molecule has 0 spiro atoms. The highest BCUT2D eigenvalue weighted by Crippen LogP contribution is 2.26. The van der Waals surface area contributed by atoms with Gasteiger partial charge < -0.3 is 14.6 Å². The number of likely N-dealkylation sites (tertiary alicyclic amines) is 1. The monoisotopic (exact) mass is 285 g/mol. The number of hydrogen-bond acceptors (Lipinski definition) is 3. The lowest BCUT2D eigenvalue weighted by molar-refractivity contribution is -0.150. The summed E-state index contributed by atoms with van der Waals surface area (Å²) in [4.78, 5) is 19.3. The highest BCUT2D eigenvalue weighted by molar-refractivity contribution is 5.83. The summed E-state index contributed by atoms with van der Waals surface area (Å²) in [6, 6.07) is 8.55. The van der Waals surface area contributed by atoms with Crippen molar-refractivity contribution >= 4 is 16.8 Å². The number of carbonyl (C=O) groups is 1. The van der Waals surface area contributed by atoms with E-state index in [0.717, 1.165) is 19.6 Å². The topological polar surface area (TPSA) is 48.6 Å². The SMILES string of the molecule is CN1C(=O)COC2CN(Cc3c[nH]c4ccccc34)CC21. The quantitative estimate of drug-likeness (QED) is 0.902. The Bertz CT molecular complexity index is 681. The van der Waals surface area contributed by atoms with Crippen molar-refractivity contribution in [3.63, 3.8) is 0 Å². The molecule has 1 aromatic carbocycles. The summed E-state index contributed by atoms with van der Waals surface area (Å²) in [6.07, 6.45) is 2.24. The summed E-state index contributed by atoms with van der Waals surface area (Å²) >= 11 is 0. The molecule has 2 fully saturated rings. The van der Waals surface area contributed by atoms with Gasteiger partial charge in [-0.2, -0.15) is 0 Å². The van der Waals surface area contributed by atoms with E-state index in [4.69, 9.17) is 4.74 Å². The molecule has 2 saturated heterocycles. The van der Waals surface area contributed by atoms with Gasteiger partial charge in [0.2, 0.25) is 5.91 Å². The van der Waals surface area contributed by atoms with Crippen LogP contribution in [-0.2, 0) is 16.1 Å². The number of carbonyl (C=O) groups excluding carboxylic acids is 1. The lowest BCUT2D eigenvalue weighted by atomic mass is 10.1. The number of morpholine rings is 1. The van der Waals surface area contributed by atoms with E-state index in [-0.39, 0.29) is 24.7 Å². The maximum atomic E-state index is 11.7. The van der Waals surface area contributed by atoms with Crippen LogP contribution < -0.4 is 0 Å². The third-order valence-electron chi connectivity index (χ3n) is 4.69. The standard InChI is InChI=1S/C16H19N3O2/c1-18-14-8-19(9-15(14)21-10-16(18)20)7-11-6-17-13-5-3-2-4-12(11)13/h2-6,14-15,17H,7-10H2,1H3. The molecule has 2 aliphatic heterocycles. The Morgan fingerprint density at radius 2 is 2.19 bits per heavy atom. The molecule has 2 unspecified atom stereocenters. The Hall–Kier alpha value is -1.85. The molecule has 2 atom stereocenters. The molecular formula is C16H19N3O2. The highest BCUT2D eigenvalue weighted by atomic mass is 16.5. The van der Waals surface area contributed by atoms with E-state index in [2.05, 4.69) is 34.3 Å². The minimum absolute atomic E-state index is 0.0881. The van der Waals surface area contributed by atoms with Gasteiger partial charge in [0.1, 0.15) is 6.61 Å². The summed E-state index contributed by atoms with van der Waals surface area (Å²) in [7, 11) is 1.89. The number of hydrogen-bond donors (Lipinski definition) is 1. The van der Waals surface area contributed by atoms with Crippen molar-refractivity contribution in [2.24, 2.45) is 0 Å². The number of likely N-dealkylation sites (N-methyl/N-ethyl adjacent to an activating group) is 1. The second-order valence-electron chi connectivity index (χ2n) is 5.98. The van der Waals surface area contributed by atoms with Crippen molar-refractivity contribution in [1.82, 2.24) is 14.8 Å². The van der Waals surface area contributed by atoms with Gasteiger partial charge in [0, 0.05) is 43.8 Å². The van der Waals surface area contributed by atoms with Crippen LogP contribution in [0.5, 0.6) is 0 Å². The first kappa shape index (κ1) is 12.9. The van der Waals surface area contributed by atoms with Crippen LogP contribution in [0.3, 0.4) is 0 Å².